The van der Waals surface area contributed by atoms with Gasteiger partial charge in [0.1, 0.15) is 0 Å². The van der Waals surface area contributed by atoms with Crippen LogP contribution in [0.1, 0.15) is 28.4 Å². The molecule has 0 heterocycles. The van der Waals surface area contributed by atoms with Crippen LogP contribution in [0.5, 0.6) is 23.0 Å². The predicted octanol–water partition coefficient (Wildman–Crippen LogP) is 5.23. The van der Waals surface area contributed by atoms with Crippen LogP contribution in [-0.2, 0) is 9.59 Å². The van der Waals surface area contributed by atoms with Gasteiger partial charge in [0, 0.05) is 29.1 Å². The van der Waals surface area contributed by atoms with Crippen LogP contribution in [0.25, 0.3) is 12.2 Å². The average molecular weight is 531 g/mol. The van der Waals surface area contributed by atoms with E-state index in [9.17, 15) is 14.4 Å². The van der Waals surface area contributed by atoms with E-state index < -0.39 is 11.8 Å². The predicted molar refractivity (Wildman–Crippen MR) is 151 cm³/mol. The number of hydrogen-bond donors (Lipinski definition) is 2. The summed E-state index contributed by atoms with van der Waals surface area (Å²) in [6.07, 6.45) is 5.94. The first-order valence-corrected chi connectivity index (χ1v) is 11.8. The van der Waals surface area contributed by atoms with Crippen LogP contribution < -0.4 is 29.6 Å². The number of methoxy groups -OCH3 is 4. The number of carbonyl (C=O) groups is 3. The monoisotopic (exact) mass is 530 g/mol. The smallest absolute Gasteiger partial charge is 0.248 e. The lowest BCUT2D eigenvalue weighted by molar-refractivity contribution is -0.112. The van der Waals surface area contributed by atoms with Gasteiger partial charge in [-0.1, -0.05) is 12.1 Å². The van der Waals surface area contributed by atoms with Gasteiger partial charge < -0.3 is 29.6 Å². The molecule has 0 saturated heterocycles. The largest absolute Gasteiger partial charge is 0.493 e. The second kappa shape index (κ2) is 13.5. The van der Waals surface area contributed by atoms with Crippen molar-refractivity contribution in [2.24, 2.45) is 0 Å². The molecule has 0 fully saturated rings. The van der Waals surface area contributed by atoms with Crippen molar-refractivity contribution in [1.82, 2.24) is 0 Å². The van der Waals surface area contributed by atoms with E-state index in [1.807, 2.05) is 0 Å². The molecule has 202 valence electrons. The highest BCUT2D eigenvalue weighted by molar-refractivity contribution is 6.06. The van der Waals surface area contributed by atoms with Crippen molar-refractivity contribution in [3.63, 3.8) is 0 Å². The van der Waals surface area contributed by atoms with E-state index >= 15 is 0 Å². The Morgan fingerprint density at radius 2 is 1.00 bits per heavy atom. The normalized spacial score (nSPS) is 10.8. The summed E-state index contributed by atoms with van der Waals surface area (Å²) in [6.45, 7) is 1.40. The molecule has 0 radical (unpaired) electrons. The fourth-order valence-electron chi connectivity index (χ4n) is 3.60. The maximum Gasteiger partial charge on any atom is 0.248 e. The van der Waals surface area contributed by atoms with Gasteiger partial charge >= 0.3 is 0 Å². The molecule has 0 aliphatic heterocycles. The number of nitrogens with one attached hydrogen (secondary N) is 2. The van der Waals surface area contributed by atoms with Crippen molar-refractivity contribution in [2.75, 3.05) is 39.1 Å². The summed E-state index contributed by atoms with van der Waals surface area (Å²) in [5, 5.41) is 5.45. The Balaban J connectivity index is 1.73. The van der Waals surface area contributed by atoms with E-state index in [2.05, 4.69) is 10.6 Å². The molecule has 3 aromatic carbocycles. The van der Waals surface area contributed by atoms with Crippen molar-refractivity contribution in [3.8, 4) is 23.0 Å². The molecule has 3 rings (SSSR count). The third-order valence-electron chi connectivity index (χ3n) is 5.54. The standard InChI is InChI=1S/C30H30N2O7/c1-19(33)22-16-23(31-29(34)12-8-20-6-10-25(36-2)27(14-20)38-4)18-24(17-22)32-30(35)13-9-21-7-11-26(37-3)28(15-21)39-5/h6-18H,1-5H3,(H,31,34)(H,32,35)/b12-8+,13-9+. The van der Waals surface area contributed by atoms with E-state index in [1.54, 1.807) is 81.0 Å². The molecular formula is C30H30N2O7. The van der Waals surface area contributed by atoms with Gasteiger partial charge in [0.15, 0.2) is 28.8 Å². The number of carbonyl (C=O) groups excluding carboxylic acids is 3. The third-order valence-corrected chi connectivity index (χ3v) is 5.54. The zero-order valence-electron chi connectivity index (χ0n) is 22.4. The quantitative estimate of drug-likeness (QED) is 0.258. The van der Waals surface area contributed by atoms with Crippen molar-refractivity contribution < 1.29 is 33.3 Å². The molecule has 0 aliphatic carbocycles. The first-order valence-electron chi connectivity index (χ1n) is 11.8. The maximum absolute atomic E-state index is 12.6. The van der Waals surface area contributed by atoms with Gasteiger partial charge in [-0.3, -0.25) is 14.4 Å². The minimum Gasteiger partial charge on any atom is -0.493 e. The molecule has 0 atom stereocenters. The molecule has 0 saturated carbocycles. The first kappa shape index (κ1) is 28.5. The van der Waals surface area contributed by atoms with Gasteiger partial charge in [-0.05, 0) is 72.7 Å². The Labute approximate surface area is 227 Å². The molecule has 2 N–H and O–H groups in total. The van der Waals surface area contributed by atoms with Gasteiger partial charge in [0.2, 0.25) is 11.8 Å². The molecular weight excluding hydrogens is 500 g/mol. The summed E-state index contributed by atoms with van der Waals surface area (Å²) in [4.78, 5) is 37.2. The van der Waals surface area contributed by atoms with Crippen LogP contribution in [0.15, 0.2) is 66.7 Å². The molecule has 0 spiro atoms. The highest BCUT2D eigenvalue weighted by atomic mass is 16.5. The highest BCUT2D eigenvalue weighted by Gasteiger charge is 2.09. The van der Waals surface area contributed by atoms with E-state index in [4.69, 9.17) is 18.9 Å². The third kappa shape index (κ3) is 7.96. The van der Waals surface area contributed by atoms with Crippen LogP contribution in [0.3, 0.4) is 0 Å². The Hall–Kier alpha value is -5.05. The first-order chi connectivity index (χ1) is 18.8. The van der Waals surface area contributed by atoms with Gasteiger partial charge in [0.05, 0.1) is 28.4 Å². The van der Waals surface area contributed by atoms with E-state index in [0.29, 0.717) is 39.9 Å². The summed E-state index contributed by atoms with van der Waals surface area (Å²) in [5.74, 6) is 1.17. The molecule has 0 unspecified atom stereocenters. The lowest BCUT2D eigenvalue weighted by Gasteiger charge is -2.10. The zero-order chi connectivity index (χ0) is 28.4. The number of rotatable bonds is 11. The van der Waals surface area contributed by atoms with Gasteiger partial charge in [0.25, 0.3) is 0 Å². The van der Waals surface area contributed by atoms with Crippen molar-refractivity contribution in [1.29, 1.82) is 0 Å². The molecule has 9 heteroatoms. The molecule has 3 aromatic rings. The molecule has 0 bridgehead atoms. The fraction of sp³-hybridized carbons (Fsp3) is 0.167. The van der Waals surface area contributed by atoms with Crippen LogP contribution in [0.2, 0.25) is 0 Å². The summed E-state index contributed by atoms with van der Waals surface area (Å²) >= 11 is 0. The molecule has 2 amide bonds. The number of Topliss-reactive ketones (excluding diaryl/α,β-unsaturated/α-hetero) is 1. The molecule has 39 heavy (non-hydrogen) atoms. The highest BCUT2D eigenvalue weighted by Crippen LogP contribution is 2.29. The SMILES string of the molecule is COc1ccc(/C=C/C(=O)Nc2cc(NC(=O)/C=C/c3ccc(OC)c(OC)c3)cc(C(C)=O)c2)cc1OC. The Kier molecular flexibility index (Phi) is 9.86. The second-order valence-electron chi connectivity index (χ2n) is 8.23. The number of ether oxygens (including phenoxy) is 4. The second-order valence-corrected chi connectivity index (χ2v) is 8.23. The van der Waals surface area contributed by atoms with E-state index in [-0.39, 0.29) is 5.78 Å². The number of amides is 2. The van der Waals surface area contributed by atoms with E-state index in [0.717, 1.165) is 11.1 Å². The Morgan fingerprint density at radius 3 is 1.36 bits per heavy atom. The van der Waals surface area contributed by atoms with Gasteiger partial charge in [-0.25, -0.2) is 0 Å². The van der Waals surface area contributed by atoms with Gasteiger partial charge in [-0.2, -0.15) is 0 Å². The average Bonchev–Trinajstić information content (AvgIpc) is 2.94. The number of hydrogen-bond acceptors (Lipinski definition) is 7. The minimum atomic E-state index is -0.420. The van der Waals surface area contributed by atoms with Crippen LogP contribution in [0.4, 0.5) is 11.4 Å². The Bertz CT molecular complexity index is 1330. The number of anilines is 2. The number of benzene rings is 3. The number of ketones is 1. The summed E-state index contributed by atoms with van der Waals surface area (Å²) < 4.78 is 21.0. The van der Waals surface area contributed by atoms with Crippen molar-refractivity contribution in [2.45, 2.75) is 6.92 Å². The van der Waals surface area contributed by atoms with E-state index in [1.165, 1.54) is 33.3 Å². The van der Waals surface area contributed by atoms with Crippen molar-refractivity contribution >= 4 is 41.1 Å². The summed E-state index contributed by atoms with van der Waals surface area (Å²) in [6, 6.07) is 15.2. The zero-order valence-corrected chi connectivity index (χ0v) is 22.4. The van der Waals surface area contributed by atoms with Crippen molar-refractivity contribution in [3.05, 3.63) is 83.4 Å². The Morgan fingerprint density at radius 1 is 0.590 bits per heavy atom. The lowest BCUT2D eigenvalue weighted by atomic mass is 10.1. The van der Waals surface area contributed by atoms with Crippen LogP contribution in [0, 0.1) is 0 Å². The molecule has 0 aliphatic rings. The lowest BCUT2D eigenvalue weighted by Crippen LogP contribution is -2.12. The van der Waals surface area contributed by atoms with Crippen LogP contribution in [-0.4, -0.2) is 46.0 Å². The molecule has 0 aromatic heterocycles. The fourth-order valence-corrected chi connectivity index (χ4v) is 3.60. The van der Waals surface area contributed by atoms with Crippen LogP contribution >= 0.6 is 0 Å². The van der Waals surface area contributed by atoms with Gasteiger partial charge in [-0.15, -0.1) is 0 Å². The maximum atomic E-state index is 12.6. The minimum absolute atomic E-state index is 0.219. The molecule has 9 nitrogen and oxygen atoms in total. The topological polar surface area (TPSA) is 112 Å². The summed E-state index contributed by atoms with van der Waals surface area (Å²) in [7, 11) is 6.15. The summed E-state index contributed by atoms with van der Waals surface area (Å²) in [5.41, 5.74) is 2.49.